The van der Waals surface area contributed by atoms with Crippen LogP contribution in [0, 0.1) is 13.8 Å². The summed E-state index contributed by atoms with van der Waals surface area (Å²) in [5, 5.41) is 4.10. The van der Waals surface area contributed by atoms with Crippen molar-refractivity contribution in [3.63, 3.8) is 0 Å². The molecule has 0 unspecified atom stereocenters. The molecule has 188 valence electrons. The second-order valence-corrected chi connectivity index (χ2v) is 9.23. The SMILES string of the molecule is COC(=O)c1ccccc1-n1c(C)cc([C@@H]2[C@H](c3ccccn3)NC(=S)N2c2ccccc2OC)c1C. The van der Waals surface area contributed by atoms with E-state index in [1.807, 2.05) is 67.6 Å². The Morgan fingerprint density at radius 2 is 1.68 bits per heavy atom. The first-order chi connectivity index (χ1) is 18.0. The molecular formula is C29H28N4O3S. The molecule has 5 rings (SSSR count). The monoisotopic (exact) mass is 512 g/mol. The third-order valence-electron chi connectivity index (χ3n) is 6.78. The van der Waals surface area contributed by atoms with Crippen molar-refractivity contribution in [2.75, 3.05) is 19.1 Å². The third-order valence-corrected chi connectivity index (χ3v) is 7.10. The molecule has 2 aromatic carbocycles. The van der Waals surface area contributed by atoms with E-state index in [0.717, 1.165) is 39.8 Å². The van der Waals surface area contributed by atoms with Gasteiger partial charge in [0.15, 0.2) is 5.11 Å². The summed E-state index contributed by atoms with van der Waals surface area (Å²) < 4.78 is 12.9. The second-order valence-electron chi connectivity index (χ2n) is 8.84. The number of hydrogen-bond acceptors (Lipinski definition) is 5. The molecule has 7 nitrogen and oxygen atoms in total. The first-order valence-electron chi connectivity index (χ1n) is 12.0. The van der Waals surface area contributed by atoms with Gasteiger partial charge in [-0.05, 0) is 74.1 Å². The fourth-order valence-electron chi connectivity index (χ4n) is 5.17. The largest absolute Gasteiger partial charge is 0.495 e. The minimum atomic E-state index is -0.379. The molecule has 1 aliphatic heterocycles. The molecule has 1 aliphatic rings. The maximum absolute atomic E-state index is 12.6. The van der Waals surface area contributed by atoms with Gasteiger partial charge in [-0.1, -0.05) is 30.3 Å². The normalized spacial score (nSPS) is 17.0. The summed E-state index contributed by atoms with van der Waals surface area (Å²) in [6.45, 7) is 4.10. The van der Waals surface area contributed by atoms with Gasteiger partial charge in [-0.25, -0.2) is 4.79 Å². The molecule has 0 aliphatic carbocycles. The van der Waals surface area contributed by atoms with Crippen molar-refractivity contribution in [2.24, 2.45) is 0 Å². The van der Waals surface area contributed by atoms with Gasteiger partial charge in [0.1, 0.15) is 5.75 Å². The zero-order chi connectivity index (χ0) is 26.1. The molecule has 1 saturated heterocycles. The van der Waals surface area contributed by atoms with Crippen molar-refractivity contribution in [3.8, 4) is 11.4 Å². The van der Waals surface area contributed by atoms with Crippen LogP contribution in [0.2, 0.25) is 0 Å². The summed E-state index contributed by atoms with van der Waals surface area (Å²) in [6.07, 6.45) is 1.79. The summed E-state index contributed by atoms with van der Waals surface area (Å²) in [6, 6.07) is 22.9. The number of thiocarbonyl (C=S) groups is 1. The first kappa shape index (κ1) is 24.5. The number of pyridine rings is 1. The molecule has 2 aromatic heterocycles. The number of esters is 1. The molecule has 1 fully saturated rings. The maximum Gasteiger partial charge on any atom is 0.339 e. The molecule has 3 heterocycles. The molecule has 2 atom stereocenters. The quantitative estimate of drug-likeness (QED) is 0.272. The number of aromatic nitrogens is 2. The van der Waals surface area contributed by atoms with Crippen LogP contribution in [0.3, 0.4) is 0 Å². The van der Waals surface area contributed by atoms with E-state index in [-0.39, 0.29) is 18.1 Å². The van der Waals surface area contributed by atoms with Crippen molar-refractivity contribution in [2.45, 2.75) is 25.9 Å². The van der Waals surface area contributed by atoms with Crippen LogP contribution in [-0.4, -0.2) is 34.9 Å². The predicted octanol–water partition coefficient (Wildman–Crippen LogP) is 5.46. The van der Waals surface area contributed by atoms with E-state index in [9.17, 15) is 4.79 Å². The van der Waals surface area contributed by atoms with E-state index in [0.29, 0.717) is 10.7 Å². The van der Waals surface area contributed by atoms with Crippen LogP contribution in [0.5, 0.6) is 5.75 Å². The van der Waals surface area contributed by atoms with Crippen molar-refractivity contribution in [1.82, 2.24) is 14.9 Å². The number of para-hydroxylation sites is 3. The maximum atomic E-state index is 12.6. The number of nitrogens with zero attached hydrogens (tertiary/aromatic N) is 3. The number of carbonyl (C=O) groups is 1. The second kappa shape index (κ2) is 10.1. The number of benzene rings is 2. The van der Waals surface area contributed by atoms with E-state index >= 15 is 0 Å². The van der Waals surface area contributed by atoms with E-state index in [2.05, 4.69) is 32.8 Å². The van der Waals surface area contributed by atoms with Crippen molar-refractivity contribution >= 4 is 29.0 Å². The highest BCUT2D eigenvalue weighted by Crippen LogP contribution is 2.46. The van der Waals surface area contributed by atoms with Crippen molar-refractivity contribution in [3.05, 3.63) is 107 Å². The van der Waals surface area contributed by atoms with Gasteiger partial charge in [-0.2, -0.15) is 0 Å². The van der Waals surface area contributed by atoms with Crippen LogP contribution in [0.25, 0.3) is 5.69 Å². The summed E-state index contributed by atoms with van der Waals surface area (Å²) in [5.41, 5.74) is 6.06. The van der Waals surface area contributed by atoms with Crippen LogP contribution < -0.4 is 15.0 Å². The smallest absolute Gasteiger partial charge is 0.339 e. The van der Waals surface area contributed by atoms with Gasteiger partial charge in [0, 0.05) is 17.6 Å². The Bertz CT molecular complexity index is 1470. The summed E-state index contributed by atoms with van der Waals surface area (Å²) in [4.78, 5) is 19.3. The van der Waals surface area contributed by atoms with Gasteiger partial charge in [0.2, 0.25) is 0 Å². The summed E-state index contributed by atoms with van der Waals surface area (Å²) >= 11 is 5.89. The summed E-state index contributed by atoms with van der Waals surface area (Å²) in [5.74, 6) is 0.346. The van der Waals surface area contributed by atoms with Crippen LogP contribution in [-0.2, 0) is 4.74 Å². The number of aryl methyl sites for hydroxylation is 1. The Hall–Kier alpha value is -4.17. The molecule has 0 bridgehead atoms. The molecule has 4 aromatic rings. The van der Waals surface area contributed by atoms with E-state index < -0.39 is 0 Å². The Labute approximate surface area is 221 Å². The van der Waals surface area contributed by atoms with Gasteiger partial charge < -0.3 is 24.3 Å². The Balaban J connectivity index is 1.72. The first-order valence-corrected chi connectivity index (χ1v) is 12.4. The van der Waals surface area contributed by atoms with Crippen LogP contribution in [0.4, 0.5) is 5.69 Å². The van der Waals surface area contributed by atoms with Crippen LogP contribution >= 0.6 is 12.2 Å². The Kier molecular flexibility index (Phi) is 6.67. The number of carbonyl (C=O) groups excluding carboxylic acids is 1. The number of methoxy groups -OCH3 is 2. The zero-order valence-electron chi connectivity index (χ0n) is 21.1. The lowest BCUT2D eigenvalue weighted by Crippen LogP contribution is -2.30. The van der Waals surface area contributed by atoms with Crippen molar-refractivity contribution in [1.29, 1.82) is 0 Å². The number of rotatable bonds is 6. The highest BCUT2D eigenvalue weighted by molar-refractivity contribution is 7.80. The highest BCUT2D eigenvalue weighted by Gasteiger charge is 2.43. The Morgan fingerprint density at radius 1 is 0.973 bits per heavy atom. The van der Waals surface area contributed by atoms with Gasteiger partial charge in [0.25, 0.3) is 0 Å². The Morgan fingerprint density at radius 3 is 2.38 bits per heavy atom. The molecule has 0 radical (unpaired) electrons. The minimum absolute atomic E-state index is 0.205. The molecule has 0 amide bonds. The lowest BCUT2D eigenvalue weighted by molar-refractivity contribution is 0.0600. The topological polar surface area (TPSA) is 68.6 Å². The number of hydrogen-bond donors (Lipinski definition) is 1. The van der Waals surface area contributed by atoms with E-state index in [4.69, 9.17) is 21.7 Å². The van der Waals surface area contributed by atoms with Gasteiger partial charge >= 0.3 is 5.97 Å². The lowest BCUT2D eigenvalue weighted by atomic mass is 9.96. The van der Waals surface area contributed by atoms with Gasteiger partial charge in [0.05, 0.1) is 48.9 Å². The molecule has 8 heteroatoms. The van der Waals surface area contributed by atoms with E-state index in [1.54, 1.807) is 19.4 Å². The molecular weight excluding hydrogens is 484 g/mol. The van der Waals surface area contributed by atoms with Crippen molar-refractivity contribution < 1.29 is 14.3 Å². The van der Waals surface area contributed by atoms with E-state index in [1.165, 1.54) is 7.11 Å². The molecule has 37 heavy (non-hydrogen) atoms. The number of anilines is 1. The third kappa shape index (κ3) is 4.23. The van der Waals surface area contributed by atoms with Gasteiger partial charge in [-0.3, -0.25) is 4.98 Å². The fourth-order valence-corrected chi connectivity index (χ4v) is 5.51. The predicted molar refractivity (Wildman–Crippen MR) is 148 cm³/mol. The average Bonchev–Trinajstić information content (AvgIpc) is 3.43. The van der Waals surface area contributed by atoms with Crippen LogP contribution in [0.15, 0.2) is 79.0 Å². The van der Waals surface area contributed by atoms with Gasteiger partial charge in [-0.15, -0.1) is 0 Å². The standard InChI is InChI=1S/C29H28N4O3S/c1-18-17-21(19(2)32(18)23-13-6-5-11-20(23)28(34)36-4)27-26(22-12-9-10-16-30-22)31-29(37)33(27)24-14-7-8-15-25(24)35-3/h5-17,26-27H,1-4H3,(H,31,37)/t26-,27+/m0/s1. The molecule has 0 spiro atoms. The molecule has 0 saturated carbocycles. The highest BCUT2D eigenvalue weighted by atomic mass is 32.1. The minimum Gasteiger partial charge on any atom is -0.495 e. The fraction of sp³-hybridized carbons (Fsp3) is 0.207. The zero-order valence-corrected chi connectivity index (χ0v) is 22.0. The average molecular weight is 513 g/mol. The number of nitrogens with one attached hydrogen (secondary N) is 1. The number of ether oxygens (including phenoxy) is 2. The van der Waals surface area contributed by atoms with Crippen LogP contribution in [0.1, 0.15) is 45.1 Å². The lowest BCUT2D eigenvalue weighted by Gasteiger charge is -2.29. The summed E-state index contributed by atoms with van der Waals surface area (Å²) in [7, 11) is 3.06. The molecule has 1 N–H and O–H groups in total.